The fourth-order valence-corrected chi connectivity index (χ4v) is 1.60. The van der Waals surface area contributed by atoms with Crippen LogP contribution in [-0.4, -0.2) is 27.3 Å². The summed E-state index contributed by atoms with van der Waals surface area (Å²) < 4.78 is 1.53. The molecule has 1 unspecified atom stereocenters. The van der Waals surface area contributed by atoms with E-state index in [1.54, 1.807) is 18.5 Å². The number of benzene rings is 1. The first-order chi connectivity index (χ1) is 8.75. The summed E-state index contributed by atoms with van der Waals surface area (Å²) in [7, 11) is 0. The lowest BCUT2D eigenvalue weighted by atomic mass is 10.1. The third-order valence-corrected chi connectivity index (χ3v) is 2.54. The number of rotatable bonds is 5. The van der Waals surface area contributed by atoms with E-state index >= 15 is 0 Å². The number of aromatic nitrogens is 2. The van der Waals surface area contributed by atoms with Crippen molar-refractivity contribution < 1.29 is 9.90 Å². The van der Waals surface area contributed by atoms with Gasteiger partial charge in [-0.25, -0.2) is 0 Å². The van der Waals surface area contributed by atoms with Crippen LogP contribution in [0.1, 0.15) is 11.7 Å². The molecule has 0 saturated carbocycles. The first kappa shape index (κ1) is 12.3. The van der Waals surface area contributed by atoms with Gasteiger partial charge in [0, 0.05) is 18.9 Å². The number of aliphatic hydroxyl groups is 1. The molecule has 0 aliphatic rings. The number of carbonyl (C=O) groups excluding carboxylic acids is 1. The van der Waals surface area contributed by atoms with Gasteiger partial charge in [0.2, 0.25) is 5.91 Å². The lowest BCUT2D eigenvalue weighted by Gasteiger charge is -2.12. The standard InChI is InChI=1S/C13H15N3O2/c17-12(11-5-2-1-3-6-11)9-14-13(18)10-16-8-4-7-15-16/h1-8,12,17H,9-10H2,(H,14,18). The molecule has 0 aliphatic carbocycles. The zero-order chi connectivity index (χ0) is 12.8. The molecular weight excluding hydrogens is 230 g/mol. The number of amides is 1. The molecule has 18 heavy (non-hydrogen) atoms. The molecule has 1 aromatic heterocycles. The van der Waals surface area contributed by atoms with Crippen LogP contribution < -0.4 is 5.32 Å². The highest BCUT2D eigenvalue weighted by Crippen LogP contribution is 2.10. The fraction of sp³-hybridized carbons (Fsp3) is 0.231. The predicted molar refractivity (Wildman–Crippen MR) is 66.6 cm³/mol. The van der Waals surface area contributed by atoms with Gasteiger partial charge in [-0.15, -0.1) is 0 Å². The number of carbonyl (C=O) groups is 1. The Bertz CT molecular complexity index is 482. The molecule has 1 amide bonds. The Morgan fingerprint density at radius 1 is 1.33 bits per heavy atom. The van der Waals surface area contributed by atoms with Gasteiger partial charge in [-0.3, -0.25) is 9.48 Å². The van der Waals surface area contributed by atoms with Crippen molar-refractivity contribution in [2.75, 3.05) is 6.54 Å². The molecule has 5 heteroatoms. The quantitative estimate of drug-likeness (QED) is 0.816. The van der Waals surface area contributed by atoms with Crippen LogP contribution in [-0.2, 0) is 11.3 Å². The topological polar surface area (TPSA) is 67.2 Å². The van der Waals surface area contributed by atoms with Gasteiger partial charge in [-0.05, 0) is 11.6 Å². The number of nitrogens with zero attached hydrogens (tertiary/aromatic N) is 2. The molecular formula is C13H15N3O2. The first-order valence-corrected chi connectivity index (χ1v) is 5.73. The molecule has 2 aromatic rings. The van der Waals surface area contributed by atoms with Crippen molar-refractivity contribution in [2.24, 2.45) is 0 Å². The molecule has 0 aliphatic heterocycles. The van der Waals surface area contributed by atoms with Crippen LogP contribution >= 0.6 is 0 Å². The zero-order valence-corrected chi connectivity index (χ0v) is 9.86. The lowest BCUT2D eigenvalue weighted by molar-refractivity contribution is -0.122. The summed E-state index contributed by atoms with van der Waals surface area (Å²) >= 11 is 0. The van der Waals surface area contributed by atoms with E-state index in [4.69, 9.17) is 0 Å². The van der Waals surface area contributed by atoms with E-state index in [0.29, 0.717) is 0 Å². The molecule has 0 saturated heterocycles. The lowest BCUT2D eigenvalue weighted by Crippen LogP contribution is -2.31. The van der Waals surface area contributed by atoms with Gasteiger partial charge in [0.1, 0.15) is 6.54 Å². The molecule has 1 aromatic carbocycles. The second-order valence-corrected chi connectivity index (χ2v) is 3.93. The summed E-state index contributed by atoms with van der Waals surface area (Å²) in [4.78, 5) is 11.6. The number of aliphatic hydroxyl groups excluding tert-OH is 1. The van der Waals surface area contributed by atoms with Crippen LogP contribution in [0.25, 0.3) is 0 Å². The SMILES string of the molecule is O=C(Cn1cccn1)NCC(O)c1ccccc1. The van der Waals surface area contributed by atoms with Crippen molar-refractivity contribution in [3.8, 4) is 0 Å². The molecule has 2 N–H and O–H groups in total. The molecule has 0 fully saturated rings. The van der Waals surface area contributed by atoms with Crippen LogP contribution in [0.4, 0.5) is 0 Å². The maximum atomic E-state index is 11.6. The monoisotopic (exact) mass is 245 g/mol. The van der Waals surface area contributed by atoms with Crippen molar-refractivity contribution in [3.63, 3.8) is 0 Å². The van der Waals surface area contributed by atoms with Crippen LogP contribution in [0, 0.1) is 0 Å². The van der Waals surface area contributed by atoms with Crippen LogP contribution in [0.15, 0.2) is 48.8 Å². The third kappa shape index (κ3) is 3.43. The van der Waals surface area contributed by atoms with E-state index in [0.717, 1.165) is 5.56 Å². The average Bonchev–Trinajstić information content (AvgIpc) is 2.90. The first-order valence-electron chi connectivity index (χ1n) is 5.73. The Morgan fingerprint density at radius 3 is 2.78 bits per heavy atom. The summed E-state index contributed by atoms with van der Waals surface area (Å²) in [6.07, 6.45) is 2.65. The Balaban J connectivity index is 1.79. The number of nitrogens with one attached hydrogen (secondary N) is 1. The Kier molecular flexibility index (Phi) is 4.09. The zero-order valence-electron chi connectivity index (χ0n) is 9.86. The molecule has 0 bridgehead atoms. The maximum absolute atomic E-state index is 11.6. The number of hydrogen-bond donors (Lipinski definition) is 2. The van der Waals surface area contributed by atoms with Gasteiger partial charge in [0.25, 0.3) is 0 Å². The van der Waals surface area contributed by atoms with E-state index in [1.807, 2.05) is 30.3 Å². The minimum absolute atomic E-state index is 0.161. The van der Waals surface area contributed by atoms with E-state index < -0.39 is 6.10 Å². The van der Waals surface area contributed by atoms with Crippen molar-refractivity contribution in [2.45, 2.75) is 12.6 Å². The summed E-state index contributed by atoms with van der Waals surface area (Å²) in [5, 5.41) is 16.5. The highest BCUT2D eigenvalue weighted by atomic mass is 16.3. The Morgan fingerprint density at radius 2 is 2.11 bits per heavy atom. The average molecular weight is 245 g/mol. The molecule has 0 spiro atoms. The molecule has 0 radical (unpaired) electrons. The molecule has 94 valence electrons. The molecule has 2 rings (SSSR count). The molecule has 5 nitrogen and oxygen atoms in total. The normalized spacial score (nSPS) is 12.1. The Hall–Kier alpha value is -2.14. The van der Waals surface area contributed by atoms with Gasteiger partial charge >= 0.3 is 0 Å². The van der Waals surface area contributed by atoms with Gasteiger partial charge in [0.05, 0.1) is 6.10 Å². The van der Waals surface area contributed by atoms with E-state index in [2.05, 4.69) is 10.4 Å². The molecule has 1 atom stereocenters. The summed E-state index contributed by atoms with van der Waals surface area (Å²) in [5.74, 6) is -0.173. The van der Waals surface area contributed by atoms with Gasteiger partial charge in [-0.2, -0.15) is 5.10 Å². The highest BCUT2D eigenvalue weighted by Gasteiger charge is 2.09. The van der Waals surface area contributed by atoms with Crippen molar-refractivity contribution in [3.05, 3.63) is 54.4 Å². The van der Waals surface area contributed by atoms with E-state index in [9.17, 15) is 9.90 Å². The predicted octanol–water partition coefficient (Wildman–Crippen LogP) is 0.733. The minimum Gasteiger partial charge on any atom is -0.387 e. The summed E-state index contributed by atoms with van der Waals surface area (Å²) in [6, 6.07) is 11.0. The van der Waals surface area contributed by atoms with E-state index in [1.165, 1.54) is 4.68 Å². The Labute approximate surface area is 105 Å². The van der Waals surface area contributed by atoms with Crippen LogP contribution in [0.5, 0.6) is 0 Å². The van der Waals surface area contributed by atoms with Crippen LogP contribution in [0.2, 0.25) is 0 Å². The third-order valence-electron chi connectivity index (χ3n) is 2.54. The van der Waals surface area contributed by atoms with Crippen molar-refractivity contribution in [1.82, 2.24) is 15.1 Å². The second-order valence-electron chi connectivity index (χ2n) is 3.93. The van der Waals surface area contributed by atoms with Crippen molar-refractivity contribution >= 4 is 5.91 Å². The largest absolute Gasteiger partial charge is 0.387 e. The maximum Gasteiger partial charge on any atom is 0.241 e. The van der Waals surface area contributed by atoms with E-state index in [-0.39, 0.29) is 19.0 Å². The van der Waals surface area contributed by atoms with Gasteiger partial charge < -0.3 is 10.4 Å². The second kappa shape index (κ2) is 5.97. The molecule has 1 heterocycles. The van der Waals surface area contributed by atoms with Crippen LogP contribution in [0.3, 0.4) is 0 Å². The number of hydrogen-bond acceptors (Lipinski definition) is 3. The van der Waals surface area contributed by atoms with Gasteiger partial charge in [-0.1, -0.05) is 30.3 Å². The van der Waals surface area contributed by atoms with Gasteiger partial charge in [0.15, 0.2) is 0 Å². The highest BCUT2D eigenvalue weighted by molar-refractivity contribution is 5.75. The summed E-state index contributed by atoms with van der Waals surface area (Å²) in [5.41, 5.74) is 0.789. The fourth-order valence-electron chi connectivity index (χ4n) is 1.60. The van der Waals surface area contributed by atoms with Crippen molar-refractivity contribution in [1.29, 1.82) is 0 Å². The smallest absolute Gasteiger partial charge is 0.241 e. The minimum atomic E-state index is -0.687. The summed E-state index contributed by atoms with van der Waals surface area (Å²) in [6.45, 7) is 0.360.